The van der Waals surface area contributed by atoms with Gasteiger partial charge in [-0.25, -0.2) is 0 Å². The molecule has 0 saturated heterocycles. The molecule has 1 aliphatic rings. The molecule has 0 fully saturated rings. The van der Waals surface area contributed by atoms with E-state index in [2.05, 4.69) is 57.0 Å². The number of benzene rings is 1. The lowest BCUT2D eigenvalue weighted by Gasteiger charge is -2.33. The molecule has 2 nitrogen and oxygen atoms in total. The van der Waals surface area contributed by atoms with Crippen molar-refractivity contribution in [3.63, 3.8) is 0 Å². The molecule has 3 unspecified atom stereocenters. The molecule has 0 amide bonds. The van der Waals surface area contributed by atoms with Crippen LogP contribution in [-0.2, 0) is 0 Å². The molecular formula is C15H24N2. The Hall–Kier alpha value is -0.860. The minimum atomic E-state index is 0.206. The molecule has 0 bridgehead atoms. The van der Waals surface area contributed by atoms with Gasteiger partial charge >= 0.3 is 0 Å². The number of rotatable bonds is 3. The first-order valence-electron chi connectivity index (χ1n) is 6.58. The van der Waals surface area contributed by atoms with Crippen molar-refractivity contribution in [2.24, 2.45) is 11.7 Å². The fraction of sp³-hybridized carbons (Fsp3) is 0.600. The molecule has 0 heterocycles. The second-order valence-corrected chi connectivity index (χ2v) is 5.64. The van der Waals surface area contributed by atoms with Gasteiger partial charge in [-0.15, -0.1) is 0 Å². The van der Waals surface area contributed by atoms with Crippen LogP contribution in [-0.4, -0.2) is 18.0 Å². The Labute approximate surface area is 105 Å². The molecule has 0 spiro atoms. The highest BCUT2D eigenvalue weighted by Crippen LogP contribution is 2.41. The van der Waals surface area contributed by atoms with Crippen molar-refractivity contribution in [3.05, 3.63) is 35.4 Å². The SMILES string of the molecule is CC(C)C(C)N(C)C1CC(N)c2ccccc21. The second-order valence-electron chi connectivity index (χ2n) is 5.64. The topological polar surface area (TPSA) is 29.3 Å². The summed E-state index contributed by atoms with van der Waals surface area (Å²) < 4.78 is 0. The van der Waals surface area contributed by atoms with Crippen LogP contribution in [0.4, 0.5) is 0 Å². The lowest BCUT2D eigenvalue weighted by molar-refractivity contribution is 0.144. The van der Waals surface area contributed by atoms with Gasteiger partial charge in [-0.3, -0.25) is 4.90 Å². The fourth-order valence-corrected chi connectivity index (χ4v) is 2.79. The summed E-state index contributed by atoms with van der Waals surface area (Å²) in [5, 5.41) is 0. The van der Waals surface area contributed by atoms with Crippen LogP contribution in [0.1, 0.15) is 50.4 Å². The van der Waals surface area contributed by atoms with Crippen LogP contribution in [0.2, 0.25) is 0 Å². The Morgan fingerprint density at radius 1 is 1.18 bits per heavy atom. The maximum absolute atomic E-state index is 6.22. The van der Waals surface area contributed by atoms with Crippen LogP contribution < -0.4 is 5.73 Å². The molecule has 0 radical (unpaired) electrons. The van der Waals surface area contributed by atoms with Crippen molar-refractivity contribution in [2.75, 3.05) is 7.05 Å². The second kappa shape index (κ2) is 4.79. The molecular weight excluding hydrogens is 208 g/mol. The maximum atomic E-state index is 6.22. The Balaban J connectivity index is 2.25. The molecule has 2 N–H and O–H groups in total. The first kappa shape index (κ1) is 12.6. The van der Waals surface area contributed by atoms with Gasteiger partial charge in [-0.2, -0.15) is 0 Å². The van der Waals surface area contributed by atoms with E-state index in [1.165, 1.54) is 11.1 Å². The minimum absolute atomic E-state index is 0.206. The zero-order chi connectivity index (χ0) is 12.6. The molecule has 2 rings (SSSR count). The molecule has 94 valence electrons. The highest BCUT2D eigenvalue weighted by Gasteiger charge is 2.33. The molecule has 3 atom stereocenters. The molecule has 1 aromatic rings. The predicted octanol–water partition coefficient (Wildman–Crippen LogP) is 3.11. The summed E-state index contributed by atoms with van der Waals surface area (Å²) in [6, 6.07) is 9.89. The van der Waals surface area contributed by atoms with Crippen molar-refractivity contribution in [1.82, 2.24) is 4.90 Å². The number of fused-ring (bicyclic) bond motifs is 1. The number of hydrogen-bond donors (Lipinski definition) is 1. The Morgan fingerprint density at radius 2 is 1.76 bits per heavy atom. The van der Waals surface area contributed by atoms with E-state index in [4.69, 9.17) is 5.73 Å². The third-order valence-corrected chi connectivity index (χ3v) is 4.33. The van der Waals surface area contributed by atoms with Crippen LogP contribution in [0, 0.1) is 5.92 Å². The number of hydrogen-bond acceptors (Lipinski definition) is 2. The third kappa shape index (κ3) is 2.24. The van der Waals surface area contributed by atoms with Crippen molar-refractivity contribution in [1.29, 1.82) is 0 Å². The molecule has 0 aromatic heterocycles. The molecule has 2 heteroatoms. The van der Waals surface area contributed by atoms with Crippen molar-refractivity contribution < 1.29 is 0 Å². The zero-order valence-electron chi connectivity index (χ0n) is 11.4. The van der Waals surface area contributed by atoms with Gasteiger partial charge in [0.2, 0.25) is 0 Å². The number of nitrogens with zero attached hydrogens (tertiary/aromatic N) is 1. The van der Waals surface area contributed by atoms with E-state index in [0.717, 1.165) is 6.42 Å². The van der Waals surface area contributed by atoms with Crippen LogP contribution in [0.15, 0.2) is 24.3 Å². The van der Waals surface area contributed by atoms with Gasteiger partial charge in [0, 0.05) is 18.1 Å². The smallest absolute Gasteiger partial charge is 0.0369 e. The van der Waals surface area contributed by atoms with Crippen LogP contribution in [0.3, 0.4) is 0 Å². The van der Waals surface area contributed by atoms with Crippen LogP contribution in [0.25, 0.3) is 0 Å². The third-order valence-electron chi connectivity index (χ3n) is 4.33. The van der Waals surface area contributed by atoms with E-state index in [9.17, 15) is 0 Å². The predicted molar refractivity (Wildman–Crippen MR) is 72.8 cm³/mol. The molecule has 1 aromatic carbocycles. The summed E-state index contributed by atoms with van der Waals surface area (Å²) in [6.07, 6.45) is 1.05. The first-order valence-corrected chi connectivity index (χ1v) is 6.58. The quantitative estimate of drug-likeness (QED) is 0.867. The van der Waals surface area contributed by atoms with Gasteiger partial charge in [-0.1, -0.05) is 38.1 Å². The molecule has 0 saturated carbocycles. The van der Waals surface area contributed by atoms with Gasteiger partial charge < -0.3 is 5.73 Å². The van der Waals surface area contributed by atoms with E-state index < -0.39 is 0 Å². The van der Waals surface area contributed by atoms with Gasteiger partial charge in [0.1, 0.15) is 0 Å². The maximum Gasteiger partial charge on any atom is 0.0369 e. The molecule has 17 heavy (non-hydrogen) atoms. The summed E-state index contributed by atoms with van der Waals surface area (Å²) in [4.78, 5) is 2.48. The van der Waals surface area contributed by atoms with E-state index in [-0.39, 0.29) is 6.04 Å². The summed E-state index contributed by atoms with van der Waals surface area (Å²) in [6.45, 7) is 6.86. The van der Waals surface area contributed by atoms with Crippen LogP contribution in [0.5, 0.6) is 0 Å². The molecule has 1 aliphatic carbocycles. The van der Waals surface area contributed by atoms with E-state index in [0.29, 0.717) is 18.0 Å². The van der Waals surface area contributed by atoms with E-state index in [1.807, 2.05) is 0 Å². The van der Waals surface area contributed by atoms with Gasteiger partial charge in [0.15, 0.2) is 0 Å². The zero-order valence-corrected chi connectivity index (χ0v) is 11.4. The highest BCUT2D eigenvalue weighted by atomic mass is 15.2. The van der Waals surface area contributed by atoms with Crippen molar-refractivity contribution in [2.45, 2.75) is 45.3 Å². The Bertz CT molecular complexity index is 386. The molecule has 0 aliphatic heterocycles. The Kier molecular flexibility index (Phi) is 3.55. The standard InChI is InChI=1S/C15H24N2/c1-10(2)11(3)17(4)15-9-14(16)12-7-5-6-8-13(12)15/h5-8,10-11,14-15H,9,16H2,1-4H3. The van der Waals surface area contributed by atoms with Crippen molar-refractivity contribution >= 4 is 0 Å². The lowest BCUT2D eigenvalue weighted by Crippen LogP contribution is -2.35. The monoisotopic (exact) mass is 232 g/mol. The highest BCUT2D eigenvalue weighted by molar-refractivity contribution is 5.37. The summed E-state index contributed by atoms with van der Waals surface area (Å²) in [5.74, 6) is 0.670. The average Bonchev–Trinajstić information content (AvgIpc) is 2.65. The summed E-state index contributed by atoms with van der Waals surface area (Å²) in [7, 11) is 2.23. The van der Waals surface area contributed by atoms with Gasteiger partial charge in [0.25, 0.3) is 0 Å². The van der Waals surface area contributed by atoms with Crippen molar-refractivity contribution in [3.8, 4) is 0 Å². The summed E-state index contributed by atoms with van der Waals surface area (Å²) >= 11 is 0. The van der Waals surface area contributed by atoms with Crippen LogP contribution >= 0.6 is 0 Å². The Morgan fingerprint density at radius 3 is 2.35 bits per heavy atom. The van der Waals surface area contributed by atoms with Gasteiger partial charge in [0.05, 0.1) is 0 Å². The van der Waals surface area contributed by atoms with E-state index in [1.54, 1.807) is 0 Å². The normalized spacial score (nSPS) is 25.4. The number of nitrogens with two attached hydrogens (primary N) is 1. The first-order chi connectivity index (χ1) is 8.02. The fourth-order valence-electron chi connectivity index (χ4n) is 2.79. The lowest BCUT2D eigenvalue weighted by atomic mass is 10.0. The minimum Gasteiger partial charge on any atom is -0.324 e. The van der Waals surface area contributed by atoms with E-state index >= 15 is 0 Å². The summed E-state index contributed by atoms with van der Waals surface area (Å²) in [5.41, 5.74) is 8.98. The largest absolute Gasteiger partial charge is 0.324 e. The average molecular weight is 232 g/mol. The van der Waals surface area contributed by atoms with Gasteiger partial charge in [-0.05, 0) is 37.4 Å².